The lowest BCUT2D eigenvalue weighted by Crippen LogP contribution is -2.02. The number of aromatic nitrogens is 2. The van der Waals surface area contributed by atoms with E-state index in [1.54, 1.807) is 24.3 Å². The summed E-state index contributed by atoms with van der Waals surface area (Å²) in [5, 5.41) is 3.87. The van der Waals surface area contributed by atoms with Gasteiger partial charge in [0.15, 0.2) is 0 Å². The second kappa shape index (κ2) is 5.29. The molecule has 0 fully saturated rings. The van der Waals surface area contributed by atoms with Gasteiger partial charge in [-0.15, -0.1) is 0 Å². The third kappa shape index (κ3) is 2.75. The van der Waals surface area contributed by atoms with E-state index in [0.29, 0.717) is 27.4 Å². The third-order valence-corrected chi connectivity index (χ3v) is 2.96. The number of nitrogens with one attached hydrogen (secondary N) is 1. The quantitative estimate of drug-likeness (QED) is 0.906. The predicted molar refractivity (Wildman–Crippen MR) is 72.7 cm³/mol. The van der Waals surface area contributed by atoms with Gasteiger partial charge in [-0.25, -0.2) is 0 Å². The molecule has 0 aliphatic rings. The molecule has 2 rings (SSSR count). The second-order valence-corrected chi connectivity index (χ2v) is 4.17. The second-order valence-electron chi connectivity index (χ2n) is 3.38. The highest BCUT2D eigenvalue weighted by molar-refractivity contribution is 6.43. The fourth-order valence-electron chi connectivity index (χ4n) is 1.35. The molecule has 94 valence electrons. The summed E-state index contributed by atoms with van der Waals surface area (Å²) in [6, 6.07) is 6.86. The summed E-state index contributed by atoms with van der Waals surface area (Å²) in [7, 11) is 1.50. The number of nitrogen functional groups attached to an aromatic ring is 1. The molecule has 3 N–H and O–H groups in total. The first-order chi connectivity index (χ1) is 8.60. The summed E-state index contributed by atoms with van der Waals surface area (Å²) in [5.41, 5.74) is 6.18. The third-order valence-electron chi connectivity index (χ3n) is 2.14. The summed E-state index contributed by atoms with van der Waals surface area (Å²) in [4.78, 5) is 7.90. The van der Waals surface area contributed by atoms with Gasteiger partial charge in [-0.3, -0.25) is 0 Å². The number of hydrogen-bond donors (Lipinski definition) is 2. The van der Waals surface area contributed by atoms with Gasteiger partial charge in [0.25, 0.3) is 0 Å². The topological polar surface area (TPSA) is 73.1 Å². The van der Waals surface area contributed by atoms with Crippen LogP contribution in [0.25, 0.3) is 0 Å². The first-order valence-electron chi connectivity index (χ1n) is 4.99. The van der Waals surface area contributed by atoms with Gasteiger partial charge in [0.05, 0.1) is 22.8 Å². The fourth-order valence-corrected chi connectivity index (χ4v) is 1.70. The molecule has 2 aromatic rings. The minimum absolute atomic E-state index is 0.106. The Morgan fingerprint density at radius 3 is 2.78 bits per heavy atom. The average molecular weight is 285 g/mol. The molecule has 0 bridgehead atoms. The van der Waals surface area contributed by atoms with Crippen LogP contribution in [0.15, 0.2) is 24.3 Å². The van der Waals surface area contributed by atoms with Gasteiger partial charge in [0.2, 0.25) is 11.8 Å². The van der Waals surface area contributed by atoms with Gasteiger partial charge in [-0.05, 0) is 12.1 Å². The van der Waals surface area contributed by atoms with Crippen molar-refractivity contribution in [2.75, 3.05) is 18.2 Å². The normalized spacial score (nSPS) is 10.2. The van der Waals surface area contributed by atoms with Crippen LogP contribution in [-0.2, 0) is 0 Å². The molecule has 0 aliphatic heterocycles. The summed E-state index contributed by atoms with van der Waals surface area (Å²) in [5.74, 6) is 0.946. The number of methoxy groups -OCH3 is 1. The van der Waals surface area contributed by atoms with E-state index in [-0.39, 0.29) is 5.95 Å². The summed E-state index contributed by atoms with van der Waals surface area (Å²) in [6.45, 7) is 0. The average Bonchev–Trinajstić information content (AvgIpc) is 2.34. The Hall–Kier alpha value is -1.72. The lowest BCUT2D eigenvalue weighted by atomic mass is 10.3. The van der Waals surface area contributed by atoms with E-state index in [9.17, 15) is 0 Å². The maximum Gasteiger partial charge on any atom is 0.225 e. The Balaban J connectivity index is 2.34. The first-order valence-corrected chi connectivity index (χ1v) is 5.75. The van der Waals surface area contributed by atoms with E-state index in [2.05, 4.69) is 15.3 Å². The van der Waals surface area contributed by atoms with Gasteiger partial charge in [-0.1, -0.05) is 29.3 Å². The van der Waals surface area contributed by atoms with Crippen molar-refractivity contribution in [3.8, 4) is 5.88 Å². The largest absolute Gasteiger partial charge is 0.481 e. The van der Waals surface area contributed by atoms with Gasteiger partial charge in [-0.2, -0.15) is 9.97 Å². The molecular weight excluding hydrogens is 275 g/mol. The highest BCUT2D eigenvalue weighted by Gasteiger charge is 2.07. The minimum Gasteiger partial charge on any atom is -0.481 e. The zero-order valence-corrected chi connectivity index (χ0v) is 11.0. The molecular formula is C11H10Cl2N4O. The summed E-state index contributed by atoms with van der Waals surface area (Å²) >= 11 is 12.0. The van der Waals surface area contributed by atoms with Crippen LogP contribution in [0.1, 0.15) is 0 Å². The lowest BCUT2D eigenvalue weighted by molar-refractivity contribution is 0.398. The summed E-state index contributed by atoms with van der Waals surface area (Å²) < 4.78 is 5.00. The molecule has 0 saturated carbocycles. The van der Waals surface area contributed by atoms with Crippen molar-refractivity contribution < 1.29 is 4.74 Å². The van der Waals surface area contributed by atoms with Crippen molar-refractivity contribution in [2.45, 2.75) is 0 Å². The summed E-state index contributed by atoms with van der Waals surface area (Å²) in [6.07, 6.45) is 0. The van der Waals surface area contributed by atoms with Gasteiger partial charge in [0.1, 0.15) is 5.82 Å². The molecule has 1 heterocycles. The van der Waals surface area contributed by atoms with Crippen molar-refractivity contribution in [2.24, 2.45) is 0 Å². The monoisotopic (exact) mass is 284 g/mol. The number of ether oxygens (including phenoxy) is 1. The van der Waals surface area contributed by atoms with E-state index in [0.717, 1.165) is 0 Å². The number of anilines is 3. The van der Waals surface area contributed by atoms with Crippen LogP contribution in [-0.4, -0.2) is 17.1 Å². The van der Waals surface area contributed by atoms with Crippen LogP contribution >= 0.6 is 23.2 Å². The SMILES string of the molecule is COc1cc(Nc2cccc(Cl)c2Cl)nc(N)n1. The van der Waals surface area contributed by atoms with Crippen LogP contribution < -0.4 is 15.8 Å². The number of rotatable bonds is 3. The van der Waals surface area contributed by atoms with E-state index < -0.39 is 0 Å². The van der Waals surface area contributed by atoms with E-state index in [1.807, 2.05) is 0 Å². The molecule has 0 unspecified atom stereocenters. The first kappa shape index (κ1) is 12.7. The van der Waals surface area contributed by atoms with Crippen LogP contribution in [0.4, 0.5) is 17.5 Å². The van der Waals surface area contributed by atoms with Gasteiger partial charge < -0.3 is 15.8 Å². The van der Waals surface area contributed by atoms with Crippen LogP contribution in [0.3, 0.4) is 0 Å². The Bertz CT molecular complexity index is 577. The molecule has 0 atom stereocenters. The Morgan fingerprint density at radius 1 is 1.28 bits per heavy atom. The van der Waals surface area contributed by atoms with Crippen molar-refractivity contribution in [1.29, 1.82) is 0 Å². The zero-order valence-electron chi connectivity index (χ0n) is 9.45. The molecule has 1 aromatic heterocycles. The number of nitrogens with two attached hydrogens (primary N) is 1. The van der Waals surface area contributed by atoms with Crippen molar-refractivity contribution in [3.05, 3.63) is 34.3 Å². The number of benzene rings is 1. The van der Waals surface area contributed by atoms with Gasteiger partial charge >= 0.3 is 0 Å². The van der Waals surface area contributed by atoms with Crippen LogP contribution in [0.2, 0.25) is 10.0 Å². The van der Waals surface area contributed by atoms with Crippen molar-refractivity contribution in [1.82, 2.24) is 9.97 Å². The molecule has 0 aliphatic carbocycles. The molecule has 1 aromatic carbocycles. The molecule has 7 heteroatoms. The molecule has 18 heavy (non-hydrogen) atoms. The van der Waals surface area contributed by atoms with Crippen molar-refractivity contribution in [3.63, 3.8) is 0 Å². The molecule has 0 saturated heterocycles. The van der Waals surface area contributed by atoms with E-state index >= 15 is 0 Å². The van der Waals surface area contributed by atoms with E-state index in [1.165, 1.54) is 7.11 Å². The smallest absolute Gasteiger partial charge is 0.225 e. The van der Waals surface area contributed by atoms with Crippen LogP contribution in [0, 0.1) is 0 Å². The Labute approximate surface area is 114 Å². The maximum absolute atomic E-state index is 6.06. The fraction of sp³-hybridized carbons (Fsp3) is 0.0909. The maximum atomic E-state index is 6.06. The predicted octanol–water partition coefficient (Wildman–Crippen LogP) is 3.12. The standard InChI is InChI=1S/C11H10Cl2N4O/c1-18-9-5-8(16-11(14)17-9)15-7-4-2-3-6(12)10(7)13/h2-5H,1H3,(H3,14,15,16,17). The molecule has 0 amide bonds. The van der Waals surface area contributed by atoms with Gasteiger partial charge in [0, 0.05) is 6.07 Å². The number of nitrogens with zero attached hydrogens (tertiary/aromatic N) is 2. The molecule has 0 radical (unpaired) electrons. The Kier molecular flexibility index (Phi) is 3.74. The van der Waals surface area contributed by atoms with E-state index in [4.69, 9.17) is 33.7 Å². The molecule has 0 spiro atoms. The van der Waals surface area contributed by atoms with Crippen molar-refractivity contribution >= 4 is 40.7 Å². The number of halogens is 2. The zero-order chi connectivity index (χ0) is 13.1. The highest BCUT2D eigenvalue weighted by Crippen LogP contribution is 2.31. The molecule has 5 nitrogen and oxygen atoms in total. The van der Waals surface area contributed by atoms with Crippen LogP contribution in [0.5, 0.6) is 5.88 Å². The Morgan fingerprint density at radius 2 is 2.06 bits per heavy atom. The highest BCUT2D eigenvalue weighted by atomic mass is 35.5. The number of hydrogen-bond acceptors (Lipinski definition) is 5. The minimum atomic E-state index is 0.106. The lowest BCUT2D eigenvalue weighted by Gasteiger charge is -2.09.